The Morgan fingerprint density at radius 1 is 1.16 bits per heavy atom. The van der Waals surface area contributed by atoms with Gasteiger partial charge in [-0.05, 0) is 37.0 Å². The maximum absolute atomic E-state index is 12.7. The second kappa shape index (κ2) is 9.94. The van der Waals surface area contributed by atoms with E-state index in [1.807, 2.05) is 46.1 Å². The largest absolute Gasteiger partial charge is 0.497 e. The highest BCUT2D eigenvalue weighted by Gasteiger charge is 2.25. The Hall–Kier alpha value is -3.22. The van der Waals surface area contributed by atoms with Crippen LogP contribution in [0.3, 0.4) is 0 Å². The van der Waals surface area contributed by atoms with Gasteiger partial charge in [0.05, 0.1) is 19.0 Å². The van der Waals surface area contributed by atoms with Crippen LogP contribution in [0, 0.1) is 0 Å². The van der Waals surface area contributed by atoms with Gasteiger partial charge in [0.25, 0.3) is 0 Å². The summed E-state index contributed by atoms with van der Waals surface area (Å²) in [7, 11) is 1.66. The Morgan fingerprint density at radius 3 is 2.59 bits per heavy atom. The summed E-state index contributed by atoms with van der Waals surface area (Å²) in [5.41, 5.74) is 2.15. The van der Waals surface area contributed by atoms with E-state index in [0.717, 1.165) is 61.0 Å². The number of nitrogens with zero attached hydrogens (tertiary/aromatic N) is 5. The van der Waals surface area contributed by atoms with Gasteiger partial charge in [0.2, 0.25) is 5.91 Å². The minimum atomic E-state index is 0.221. The van der Waals surface area contributed by atoms with E-state index in [4.69, 9.17) is 9.72 Å². The van der Waals surface area contributed by atoms with E-state index >= 15 is 0 Å². The molecule has 1 saturated heterocycles. The molecule has 0 N–H and O–H groups in total. The highest BCUT2D eigenvalue weighted by Crippen LogP contribution is 2.28. The zero-order valence-corrected chi connectivity index (χ0v) is 19.1. The lowest BCUT2D eigenvalue weighted by atomic mass is 9.93. The number of piperidine rings is 1. The van der Waals surface area contributed by atoms with Crippen molar-refractivity contribution in [2.24, 2.45) is 0 Å². The molecule has 1 amide bonds. The van der Waals surface area contributed by atoms with Crippen LogP contribution in [-0.4, -0.2) is 50.5 Å². The molecule has 0 radical (unpaired) electrons. The van der Waals surface area contributed by atoms with E-state index in [1.165, 1.54) is 0 Å². The predicted molar refractivity (Wildman–Crippen MR) is 123 cm³/mol. The zero-order chi connectivity index (χ0) is 22.5. The van der Waals surface area contributed by atoms with Crippen molar-refractivity contribution in [2.75, 3.05) is 20.2 Å². The van der Waals surface area contributed by atoms with Gasteiger partial charge in [0.1, 0.15) is 11.6 Å². The monoisotopic (exact) mass is 433 g/mol. The molecule has 0 unspecified atom stereocenters. The fourth-order valence-electron chi connectivity index (χ4n) is 4.25. The maximum Gasteiger partial charge on any atom is 0.222 e. The molecule has 2 aromatic heterocycles. The van der Waals surface area contributed by atoms with E-state index in [9.17, 15) is 4.79 Å². The molecule has 1 aliphatic heterocycles. The molecule has 3 heterocycles. The summed E-state index contributed by atoms with van der Waals surface area (Å²) in [6, 6.07) is 7.92. The number of amides is 1. The number of carbonyl (C=O) groups excluding carboxylic acids is 1. The number of rotatable bonds is 7. The molecule has 0 bridgehead atoms. The van der Waals surface area contributed by atoms with Crippen molar-refractivity contribution in [3.8, 4) is 11.6 Å². The lowest BCUT2D eigenvalue weighted by molar-refractivity contribution is -0.132. The van der Waals surface area contributed by atoms with Crippen LogP contribution < -0.4 is 4.74 Å². The molecule has 7 nitrogen and oxygen atoms in total. The maximum atomic E-state index is 12.7. The van der Waals surface area contributed by atoms with Crippen LogP contribution >= 0.6 is 0 Å². The number of imidazole rings is 1. The summed E-state index contributed by atoms with van der Waals surface area (Å²) in [6.45, 7) is 5.77. The molecular weight excluding hydrogens is 402 g/mol. The third-order valence-corrected chi connectivity index (χ3v) is 6.13. The van der Waals surface area contributed by atoms with Gasteiger partial charge in [-0.1, -0.05) is 26.0 Å². The number of methoxy groups -OCH3 is 1. The molecule has 1 fully saturated rings. The molecule has 1 aliphatic rings. The van der Waals surface area contributed by atoms with Gasteiger partial charge in [-0.25, -0.2) is 9.97 Å². The molecule has 0 saturated carbocycles. The van der Waals surface area contributed by atoms with E-state index < -0.39 is 0 Å². The van der Waals surface area contributed by atoms with Crippen molar-refractivity contribution in [1.29, 1.82) is 0 Å². The summed E-state index contributed by atoms with van der Waals surface area (Å²) in [5.74, 6) is 3.47. The number of ether oxygens (including phenoxy) is 1. The van der Waals surface area contributed by atoms with Gasteiger partial charge >= 0.3 is 0 Å². The highest BCUT2D eigenvalue weighted by atomic mass is 16.5. The highest BCUT2D eigenvalue weighted by molar-refractivity contribution is 5.76. The summed E-state index contributed by atoms with van der Waals surface area (Å²) >= 11 is 0. The van der Waals surface area contributed by atoms with Crippen LogP contribution in [0.25, 0.3) is 5.82 Å². The lowest BCUT2D eigenvalue weighted by Crippen LogP contribution is -2.38. The predicted octanol–water partition coefficient (Wildman–Crippen LogP) is 4.13. The third-order valence-electron chi connectivity index (χ3n) is 6.13. The fourth-order valence-corrected chi connectivity index (χ4v) is 4.25. The Bertz CT molecular complexity index is 1040. The van der Waals surface area contributed by atoms with Crippen molar-refractivity contribution in [3.05, 3.63) is 66.1 Å². The van der Waals surface area contributed by atoms with Crippen LogP contribution in [0.2, 0.25) is 0 Å². The molecule has 3 aromatic rings. The molecule has 1 aromatic carbocycles. The average Bonchev–Trinajstić information content (AvgIpc) is 3.34. The third kappa shape index (κ3) is 4.98. The van der Waals surface area contributed by atoms with E-state index in [2.05, 4.69) is 23.8 Å². The molecule has 32 heavy (non-hydrogen) atoms. The number of likely N-dealkylation sites (tertiary alicyclic amines) is 1. The molecule has 0 atom stereocenters. The first-order valence-electron chi connectivity index (χ1n) is 11.3. The van der Waals surface area contributed by atoms with Crippen LogP contribution in [-0.2, 0) is 11.2 Å². The Morgan fingerprint density at radius 2 is 1.91 bits per heavy atom. The van der Waals surface area contributed by atoms with Crippen LogP contribution in [0.4, 0.5) is 0 Å². The Kier molecular flexibility index (Phi) is 6.83. The van der Waals surface area contributed by atoms with Crippen molar-refractivity contribution >= 4 is 5.91 Å². The normalized spacial score (nSPS) is 14.7. The Labute approximate surface area is 189 Å². The average molecular weight is 434 g/mol. The first kappa shape index (κ1) is 22.0. The smallest absolute Gasteiger partial charge is 0.222 e. The van der Waals surface area contributed by atoms with Gasteiger partial charge in [0, 0.05) is 49.9 Å². The topological polar surface area (TPSA) is 73.1 Å². The summed E-state index contributed by atoms with van der Waals surface area (Å²) in [6.07, 6.45) is 10.5. The number of hydrogen-bond donors (Lipinski definition) is 0. The van der Waals surface area contributed by atoms with Gasteiger partial charge in [-0.2, -0.15) is 0 Å². The fraction of sp³-hybridized carbons (Fsp3) is 0.440. The zero-order valence-electron chi connectivity index (χ0n) is 19.1. The second-order valence-electron chi connectivity index (χ2n) is 8.62. The molecule has 4 rings (SSSR count). The SMILES string of the molecule is COc1ccc(CCC(=O)N2CCC(c3cncc(-n4ccnc4C(C)C)n3)CC2)cc1. The first-order valence-corrected chi connectivity index (χ1v) is 11.3. The number of benzene rings is 1. The van der Waals surface area contributed by atoms with E-state index in [-0.39, 0.29) is 5.91 Å². The van der Waals surface area contributed by atoms with Crippen molar-refractivity contribution < 1.29 is 9.53 Å². The van der Waals surface area contributed by atoms with Gasteiger partial charge in [-0.3, -0.25) is 14.3 Å². The Balaban J connectivity index is 1.33. The number of carbonyl (C=O) groups is 1. The first-order chi connectivity index (χ1) is 15.5. The number of aromatic nitrogens is 4. The van der Waals surface area contributed by atoms with Crippen molar-refractivity contribution in [1.82, 2.24) is 24.4 Å². The molecule has 0 aliphatic carbocycles. The van der Waals surface area contributed by atoms with Crippen LogP contribution in [0.5, 0.6) is 5.75 Å². The van der Waals surface area contributed by atoms with Gasteiger partial charge in [0.15, 0.2) is 5.82 Å². The minimum absolute atomic E-state index is 0.221. The standard InChI is InChI=1S/C25H31N5O2/c1-18(2)25-27-12-15-30(25)23-17-26-16-22(28-23)20-10-13-29(14-11-20)24(31)9-6-19-4-7-21(32-3)8-5-19/h4-5,7-8,12,15-18,20H,6,9-11,13-14H2,1-3H3. The minimum Gasteiger partial charge on any atom is -0.497 e. The molecule has 0 spiro atoms. The number of aryl methyl sites for hydroxylation is 1. The van der Waals surface area contributed by atoms with Crippen molar-refractivity contribution in [2.45, 2.75) is 51.4 Å². The molecule has 7 heteroatoms. The molecular formula is C25H31N5O2. The van der Waals surface area contributed by atoms with E-state index in [1.54, 1.807) is 19.5 Å². The van der Waals surface area contributed by atoms with Crippen LogP contribution in [0.1, 0.15) is 62.0 Å². The summed E-state index contributed by atoms with van der Waals surface area (Å²) in [4.78, 5) is 28.5. The van der Waals surface area contributed by atoms with Gasteiger partial charge < -0.3 is 9.64 Å². The van der Waals surface area contributed by atoms with Crippen molar-refractivity contribution in [3.63, 3.8) is 0 Å². The lowest BCUT2D eigenvalue weighted by Gasteiger charge is -2.32. The summed E-state index contributed by atoms with van der Waals surface area (Å²) in [5, 5.41) is 0. The van der Waals surface area contributed by atoms with E-state index in [0.29, 0.717) is 18.3 Å². The van der Waals surface area contributed by atoms with Crippen LogP contribution in [0.15, 0.2) is 49.1 Å². The quantitative estimate of drug-likeness (QED) is 0.560. The summed E-state index contributed by atoms with van der Waals surface area (Å²) < 4.78 is 7.20. The van der Waals surface area contributed by atoms with Gasteiger partial charge in [-0.15, -0.1) is 0 Å². The second-order valence-corrected chi connectivity index (χ2v) is 8.62. The number of hydrogen-bond acceptors (Lipinski definition) is 5. The molecule has 168 valence electrons.